The highest BCUT2D eigenvalue weighted by atomic mass is 28.4. The van der Waals surface area contributed by atoms with E-state index in [1.807, 2.05) is 0 Å². The zero-order valence-corrected chi connectivity index (χ0v) is 19.1. The highest BCUT2D eigenvalue weighted by Gasteiger charge is 2.39. The van der Waals surface area contributed by atoms with Gasteiger partial charge in [-0.05, 0) is 49.1 Å². The van der Waals surface area contributed by atoms with Crippen molar-refractivity contribution in [3.63, 3.8) is 0 Å². The number of hydrogen-bond acceptors (Lipinski definition) is 3. The molecule has 0 rings (SSSR count). The summed E-state index contributed by atoms with van der Waals surface area (Å²) in [6.07, 6.45) is 2.25. The highest BCUT2D eigenvalue weighted by molar-refractivity contribution is 6.74. The fourth-order valence-corrected chi connectivity index (χ4v) is 3.08. The first kappa shape index (κ1) is 22.8. The van der Waals surface area contributed by atoms with Gasteiger partial charge in [-0.2, -0.15) is 0 Å². The Labute approximate surface area is 145 Å². The van der Waals surface area contributed by atoms with Crippen molar-refractivity contribution in [1.82, 2.24) is 5.48 Å². The van der Waals surface area contributed by atoms with Crippen LogP contribution in [0.25, 0.3) is 0 Å². The van der Waals surface area contributed by atoms with Gasteiger partial charge in [-0.3, -0.25) is 4.79 Å². The van der Waals surface area contributed by atoms with E-state index in [0.29, 0.717) is 6.42 Å². The molecule has 0 saturated heterocycles. The lowest BCUT2D eigenvalue weighted by molar-refractivity contribution is -0.128. The third kappa shape index (κ3) is 7.96. The molecule has 0 saturated carbocycles. The lowest BCUT2D eigenvalue weighted by atomic mass is 10.2. The largest absolute Gasteiger partial charge is 0.417 e. The molecule has 0 aliphatic heterocycles. The zero-order valence-electron chi connectivity index (χ0n) is 17.1. The van der Waals surface area contributed by atoms with Gasteiger partial charge in [-0.15, -0.1) is 0 Å². The van der Waals surface area contributed by atoms with Crippen LogP contribution in [0.5, 0.6) is 0 Å². The summed E-state index contributed by atoms with van der Waals surface area (Å²) in [6.45, 7) is 22.7. The molecule has 0 aromatic carbocycles. The maximum absolute atomic E-state index is 11.9. The monoisotopic (exact) mass is 361 g/mol. The standard InChI is InChI=1S/C17H39NO3Si2/c1-16(2,3)22(7,8)20-14-12-11-13-15(19)18-21-23(9,10)17(4,5)6/h11-14H2,1-10H3,(H,18,19). The van der Waals surface area contributed by atoms with Gasteiger partial charge in [0, 0.05) is 13.0 Å². The molecule has 6 heteroatoms. The summed E-state index contributed by atoms with van der Waals surface area (Å²) < 4.78 is 11.8. The molecule has 0 aromatic heterocycles. The second kappa shape index (κ2) is 8.27. The lowest BCUT2D eigenvalue weighted by Crippen LogP contribution is -2.46. The Balaban J connectivity index is 3.98. The summed E-state index contributed by atoms with van der Waals surface area (Å²) in [5, 5.41) is 0.332. The average Bonchev–Trinajstić information content (AvgIpc) is 2.33. The third-order valence-electron chi connectivity index (χ3n) is 5.29. The van der Waals surface area contributed by atoms with Gasteiger partial charge < -0.3 is 8.95 Å². The van der Waals surface area contributed by atoms with Crippen molar-refractivity contribution >= 4 is 22.5 Å². The molecule has 1 amide bonds. The van der Waals surface area contributed by atoms with Crippen LogP contribution in [-0.2, 0) is 13.7 Å². The van der Waals surface area contributed by atoms with Crippen LogP contribution in [0.3, 0.4) is 0 Å². The maximum Gasteiger partial charge on any atom is 0.242 e. The SMILES string of the molecule is CC(C)(C)[Si](C)(C)OCCCCC(=O)NO[Si](C)(C)C(C)(C)C. The van der Waals surface area contributed by atoms with Crippen LogP contribution in [0.2, 0.25) is 36.3 Å². The molecule has 0 unspecified atom stereocenters. The summed E-state index contributed by atoms with van der Waals surface area (Å²) in [7, 11) is -3.58. The van der Waals surface area contributed by atoms with Gasteiger partial charge in [0.1, 0.15) is 0 Å². The lowest BCUT2D eigenvalue weighted by Gasteiger charge is -2.36. The predicted octanol–water partition coefficient (Wildman–Crippen LogP) is 5.23. The Morgan fingerprint density at radius 1 is 0.870 bits per heavy atom. The van der Waals surface area contributed by atoms with Gasteiger partial charge in [-0.25, -0.2) is 5.48 Å². The molecule has 138 valence electrons. The minimum absolute atomic E-state index is 0.0258. The smallest absolute Gasteiger partial charge is 0.242 e. The van der Waals surface area contributed by atoms with Crippen LogP contribution < -0.4 is 5.48 Å². The fraction of sp³-hybridized carbons (Fsp3) is 0.941. The third-order valence-corrected chi connectivity index (χ3v) is 14.1. The van der Waals surface area contributed by atoms with Gasteiger partial charge >= 0.3 is 0 Å². The van der Waals surface area contributed by atoms with E-state index >= 15 is 0 Å². The van der Waals surface area contributed by atoms with Crippen molar-refractivity contribution in [1.29, 1.82) is 0 Å². The Morgan fingerprint density at radius 2 is 1.35 bits per heavy atom. The minimum Gasteiger partial charge on any atom is -0.417 e. The molecule has 0 radical (unpaired) electrons. The molecule has 0 spiro atoms. The van der Waals surface area contributed by atoms with E-state index < -0.39 is 16.6 Å². The maximum atomic E-state index is 11.9. The number of carbonyl (C=O) groups excluding carboxylic acids is 1. The second-order valence-electron chi connectivity index (χ2n) is 9.45. The first-order valence-corrected chi connectivity index (χ1v) is 14.5. The molecule has 0 heterocycles. The number of hydrogen-bond donors (Lipinski definition) is 1. The molecule has 1 N–H and O–H groups in total. The quantitative estimate of drug-likeness (QED) is 0.366. The zero-order chi connectivity index (χ0) is 18.5. The first-order valence-electron chi connectivity index (χ1n) is 8.71. The molecule has 4 nitrogen and oxygen atoms in total. The van der Waals surface area contributed by atoms with Crippen LogP contribution in [0.1, 0.15) is 60.8 Å². The number of amides is 1. The Kier molecular flexibility index (Phi) is 8.21. The van der Waals surface area contributed by atoms with Crippen molar-refractivity contribution in [3.8, 4) is 0 Å². The van der Waals surface area contributed by atoms with Crippen molar-refractivity contribution < 1.29 is 13.7 Å². The Bertz CT molecular complexity index is 382. The molecule has 23 heavy (non-hydrogen) atoms. The molecule has 0 aliphatic rings. The van der Waals surface area contributed by atoms with Gasteiger partial charge in [0.05, 0.1) is 0 Å². The van der Waals surface area contributed by atoms with Crippen LogP contribution in [0.15, 0.2) is 0 Å². The van der Waals surface area contributed by atoms with Crippen molar-refractivity contribution in [3.05, 3.63) is 0 Å². The van der Waals surface area contributed by atoms with E-state index in [9.17, 15) is 4.79 Å². The van der Waals surface area contributed by atoms with E-state index in [-0.39, 0.29) is 16.0 Å². The molecule has 0 aliphatic carbocycles. The van der Waals surface area contributed by atoms with Crippen LogP contribution in [0.4, 0.5) is 0 Å². The molecule has 0 atom stereocenters. The number of hydroxylamine groups is 1. The summed E-state index contributed by atoms with van der Waals surface area (Å²) in [6, 6.07) is 0. The first-order chi connectivity index (χ1) is 10.1. The number of carbonyl (C=O) groups is 1. The van der Waals surface area contributed by atoms with Gasteiger partial charge in [0.25, 0.3) is 0 Å². The average molecular weight is 362 g/mol. The van der Waals surface area contributed by atoms with Crippen LogP contribution >= 0.6 is 0 Å². The topological polar surface area (TPSA) is 47.6 Å². The molecule has 0 fully saturated rings. The summed E-state index contributed by atoms with van der Waals surface area (Å²) in [5.41, 5.74) is 2.65. The van der Waals surface area contributed by atoms with E-state index in [1.165, 1.54) is 0 Å². The van der Waals surface area contributed by atoms with Crippen molar-refractivity contribution in [2.24, 2.45) is 0 Å². The van der Waals surface area contributed by atoms with Crippen LogP contribution in [0, 0.1) is 0 Å². The van der Waals surface area contributed by atoms with Crippen LogP contribution in [-0.4, -0.2) is 29.1 Å². The van der Waals surface area contributed by atoms with Gasteiger partial charge in [-0.1, -0.05) is 41.5 Å². The molecular formula is C17H39NO3Si2. The predicted molar refractivity (Wildman–Crippen MR) is 103 cm³/mol. The summed E-state index contributed by atoms with van der Waals surface area (Å²) in [4.78, 5) is 11.9. The molecular weight excluding hydrogens is 322 g/mol. The highest BCUT2D eigenvalue weighted by Crippen LogP contribution is 2.37. The Hall–Kier alpha value is -0.176. The summed E-state index contributed by atoms with van der Waals surface area (Å²) in [5.74, 6) is -0.0258. The van der Waals surface area contributed by atoms with E-state index in [0.717, 1.165) is 19.4 Å². The summed E-state index contributed by atoms with van der Waals surface area (Å²) >= 11 is 0. The second-order valence-corrected chi connectivity index (χ2v) is 19.0. The van der Waals surface area contributed by atoms with Gasteiger partial charge in [0.2, 0.25) is 14.2 Å². The van der Waals surface area contributed by atoms with Crippen molar-refractivity contribution in [2.75, 3.05) is 6.61 Å². The number of nitrogens with one attached hydrogen (secondary N) is 1. The van der Waals surface area contributed by atoms with E-state index in [2.05, 4.69) is 73.2 Å². The van der Waals surface area contributed by atoms with E-state index in [4.69, 9.17) is 8.95 Å². The number of unbranched alkanes of at least 4 members (excludes halogenated alkanes) is 1. The minimum atomic E-state index is -1.92. The number of rotatable bonds is 8. The normalized spacial score (nSPS) is 14.0. The van der Waals surface area contributed by atoms with Gasteiger partial charge in [0.15, 0.2) is 8.32 Å². The Morgan fingerprint density at radius 3 is 1.78 bits per heavy atom. The molecule has 0 aromatic rings. The van der Waals surface area contributed by atoms with E-state index in [1.54, 1.807) is 0 Å². The molecule has 0 bridgehead atoms. The fourth-order valence-electron chi connectivity index (χ4n) is 1.32. The van der Waals surface area contributed by atoms with Crippen molar-refractivity contribution in [2.45, 2.75) is 97.1 Å².